The van der Waals surface area contributed by atoms with Crippen LogP contribution < -0.4 is 0 Å². The lowest BCUT2D eigenvalue weighted by atomic mass is 10.1. The first-order valence-electron chi connectivity index (χ1n) is 4.49. The SMILES string of the molecule is CC(C)Cn1nncc1C(C)C. The molecule has 0 aromatic carbocycles. The molecule has 0 saturated heterocycles. The molecule has 0 unspecified atom stereocenters. The third-order valence-corrected chi connectivity index (χ3v) is 1.78. The molecule has 0 spiro atoms. The summed E-state index contributed by atoms with van der Waals surface area (Å²) in [5.41, 5.74) is 1.23. The van der Waals surface area contributed by atoms with E-state index in [-0.39, 0.29) is 0 Å². The minimum absolute atomic E-state index is 0.513. The first-order chi connectivity index (χ1) is 5.61. The molecule has 0 aliphatic rings. The molecule has 1 heterocycles. The van der Waals surface area contributed by atoms with Crippen LogP contribution in [-0.2, 0) is 6.54 Å². The molecule has 0 radical (unpaired) electrons. The van der Waals surface area contributed by atoms with E-state index >= 15 is 0 Å². The minimum atomic E-state index is 0.513. The van der Waals surface area contributed by atoms with Crippen LogP contribution >= 0.6 is 0 Å². The summed E-state index contributed by atoms with van der Waals surface area (Å²) >= 11 is 0. The van der Waals surface area contributed by atoms with Gasteiger partial charge in [-0.05, 0) is 11.8 Å². The monoisotopic (exact) mass is 167 g/mol. The van der Waals surface area contributed by atoms with E-state index in [4.69, 9.17) is 0 Å². The van der Waals surface area contributed by atoms with Crippen molar-refractivity contribution in [2.75, 3.05) is 0 Å². The summed E-state index contributed by atoms with van der Waals surface area (Å²) in [6, 6.07) is 0. The van der Waals surface area contributed by atoms with Crippen molar-refractivity contribution in [2.45, 2.75) is 40.2 Å². The summed E-state index contributed by atoms with van der Waals surface area (Å²) in [6.07, 6.45) is 1.85. The Labute approximate surface area is 73.8 Å². The number of hydrogen-bond donors (Lipinski definition) is 0. The van der Waals surface area contributed by atoms with Gasteiger partial charge >= 0.3 is 0 Å². The minimum Gasteiger partial charge on any atom is -0.249 e. The fourth-order valence-corrected chi connectivity index (χ4v) is 1.20. The molecule has 1 aromatic heterocycles. The summed E-state index contributed by atoms with van der Waals surface area (Å²) in [4.78, 5) is 0. The molecule has 68 valence electrons. The molecule has 0 fully saturated rings. The standard InChI is InChI=1S/C9H17N3/c1-7(2)6-12-9(8(3)4)5-10-11-12/h5,7-8H,6H2,1-4H3. The zero-order valence-corrected chi connectivity index (χ0v) is 8.28. The van der Waals surface area contributed by atoms with E-state index < -0.39 is 0 Å². The maximum atomic E-state index is 4.04. The van der Waals surface area contributed by atoms with Crippen molar-refractivity contribution in [1.29, 1.82) is 0 Å². The quantitative estimate of drug-likeness (QED) is 0.690. The fraction of sp³-hybridized carbons (Fsp3) is 0.778. The Morgan fingerprint density at radius 3 is 2.50 bits per heavy atom. The molecule has 0 bridgehead atoms. The van der Waals surface area contributed by atoms with Crippen molar-refractivity contribution >= 4 is 0 Å². The second-order valence-electron chi connectivity index (χ2n) is 3.89. The van der Waals surface area contributed by atoms with Crippen molar-refractivity contribution < 1.29 is 0 Å². The highest BCUT2D eigenvalue weighted by molar-refractivity contribution is 4.99. The highest BCUT2D eigenvalue weighted by Gasteiger charge is 2.08. The molecule has 1 rings (SSSR count). The van der Waals surface area contributed by atoms with Gasteiger partial charge in [-0.25, -0.2) is 4.68 Å². The normalized spacial score (nSPS) is 11.5. The van der Waals surface area contributed by atoms with E-state index in [9.17, 15) is 0 Å². The number of nitrogens with zero attached hydrogens (tertiary/aromatic N) is 3. The predicted octanol–water partition coefficient (Wildman–Crippen LogP) is 2.06. The van der Waals surface area contributed by atoms with Gasteiger partial charge in [-0.3, -0.25) is 0 Å². The van der Waals surface area contributed by atoms with E-state index in [2.05, 4.69) is 38.0 Å². The average molecular weight is 167 g/mol. The summed E-state index contributed by atoms with van der Waals surface area (Å²) < 4.78 is 2.00. The van der Waals surface area contributed by atoms with Gasteiger partial charge in [0.05, 0.1) is 11.9 Å². The first kappa shape index (κ1) is 9.23. The van der Waals surface area contributed by atoms with E-state index in [0.717, 1.165) is 6.54 Å². The van der Waals surface area contributed by atoms with Crippen LogP contribution in [-0.4, -0.2) is 15.0 Å². The van der Waals surface area contributed by atoms with Gasteiger partial charge in [0, 0.05) is 6.54 Å². The molecule has 0 N–H and O–H groups in total. The van der Waals surface area contributed by atoms with Crippen molar-refractivity contribution in [3.63, 3.8) is 0 Å². The van der Waals surface area contributed by atoms with E-state index in [1.807, 2.05) is 10.9 Å². The number of hydrogen-bond acceptors (Lipinski definition) is 2. The van der Waals surface area contributed by atoms with Crippen molar-refractivity contribution in [3.05, 3.63) is 11.9 Å². The third-order valence-electron chi connectivity index (χ3n) is 1.78. The second kappa shape index (κ2) is 3.70. The van der Waals surface area contributed by atoms with Crippen molar-refractivity contribution in [2.24, 2.45) is 5.92 Å². The molecule has 1 aromatic rings. The van der Waals surface area contributed by atoms with Gasteiger partial charge in [0.2, 0.25) is 0 Å². The van der Waals surface area contributed by atoms with Crippen molar-refractivity contribution in [3.8, 4) is 0 Å². The van der Waals surface area contributed by atoms with Crippen LogP contribution in [0.4, 0.5) is 0 Å². The first-order valence-corrected chi connectivity index (χ1v) is 4.49. The van der Waals surface area contributed by atoms with Crippen LogP contribution in [0.25, 0.3) is 0 Å². The van der Waals surface area contributed by atoms with Crippen LogP contribution in [0.5, 0.6) is 0 Å². The smallest absolute Gasteiger partial charge is 0.0727 e. The molecule has 3 nitrogen and oxygen atoms in total. The molecule has 0 amide bonds. The molecular formula is C9H17N3. The van der Waals surface area contributed by atoms with Crippen LogP contribution in [0.1, 0.15) is 39.3 Å². The van der Waals surface area contributed by atoms with Gasteiger partial charge in [0.15, 0.2) is 0 Å². The molecule has 0 aliphatic heterocycles. The van der Waals surface area contributed by atoms with E-state index in [1.54, 1.807) is 0 Å². The Kier molecular flexibility index (Phi) is 2.84. The highest BCUT2D eigenvalue weighted by Crippen LogP contribution is 2.12. The Balaban J connectivity index is 2.77. The van der Waals surface area contributed by atoms with Gasteiger partial charge in [-0.1, -0.05) is 32.9 Å². The molecule has 12 heavy (non-hydrogen) atoms. The Bertz CT molecular complexity index is 238. The van der Waals surface area contributed by atoms with Gasteiger partial charge in [-0.15, -0.1) is 5.10 Å². The Morgan fingerprint density at radius 1 is 1.33 bits per heavy atom. The van der Waals surface area contributed by atoms with E-state index in [0.29, 0.717) is 11.8 Å². The van der Waals surface area contributed by atoms with Gasteiger partial charge in [0.25, 0.3) is 0 Å². The largest absolute Gasteiger partial charge is 0.249 e. The topological polar surface area (TPSA) is 30.7 Å². The number of aromatic nitrogens is 3. The predicted molar refractivity (Wildman–Crippen MR) is 48.9 cm³/mol. The molecule has 0 atom stereocenters. The lowest BCUT2D eigenvalue weighted by Crippen LogP contribution is -2.10. The second-order valence-corrected chi connectivity index (χ2v) is 3.89. The summed E-state index contributed by atoms with van der Waals surface area (Å²) in [6.45, 7) is 9.66. The summed E-state index contributed by atoms with van der Waals surface area (Å²) in [5, 5.41) is 7.95. The third kappa shape index (κ3) is 2.06. The molecule has 0 saturated carbocycles. The Hall–Kier alpha value is -0.860. The lowest BCUT2D eigenvalue weighted by molar-refractivity contribution is 0.452. The van der Waals surface area contributed by atoms with Gasteiger partial charge in [0.1, 0.15) is 0 Å². The molecular weight excluding hydrogens is 150 g/mol. The maximum absolute atomic E-state index is 4.04. The van der Waals surface area contributed by atoms with Crippen LogP contribution in [0.15, 0.2) is 6.20 Å². The van der Waals surface area contributed by atoms with Crippen molar-refractivity contribution in [1.82, 2.24) is 15.0 Å². The maximum Gasteiger partial charge on any atom is 0.0727 e. The van der Waals surface area contributed by atoms with Crippen LogP contribution in [0.3, 0.4) is 0 Å². The zero-order valence-electron chi connectivity index (χ0n) is 8.28. The Morgan fingerprint density at radius 2 is 2.00 bits per heavy atom. The fourth-order valence-electron chi connectivity index (χ4n) is 1.20. The zero-order chi connectivity index (χ0) is 9.14. The summed E-state index contributed by atoms with van der Waals surface area (Å²) in [7, 11) is 0. The van der Waals surface area contributed by atoms with Crippen LogP contribution in [0, 0.1) is 5.92 Å². The highest BCUT2D eigenvalue weighted by atomic mass is 15.4. The lowest BCUT2D eigenvalue weighted by Gasteiger charge is -2.10. The van der Waals surface area contributed by atoms with Gasteiger partial charge < -0.3 is 0 Å². The molecule has 0 aliphatic carbocycles. The van der Waals surface area contributed by atoms with Crippen LogP contribution in [0.2, 0.25) is 0 Å². The summed E-state index contributed by atoms with van der Waals surface area (Å²) in [5.74, 6) is 1.14. The molecule has 3 heteroatoms. The number of rotatable bonds is 3. The van der Waals surface area contributed by atoms with E-state index in [1.165, 1.54) is 5.69 Å². The van der Waals surface area contributed by atoms with Gasteiger partial charge in [-0.2, -0.15) is 0 Å². The average Bonchev–Trinajstić information content (AvgIpc) is 2.33.